The number of ether oxygens (including phenoxy) is 2. The van der Waals surface area contributed by atoms with E-state index in [0.29, 0.717) is 11.5 Å². The zero-order valence-corrected chi connectivity index (χ0v) is 13.1. The highest BCUT2D eigenvalue weighted by molar-refractivity contribution is 14.1. The van der Waals surface area contributed by atoms with E-state index < -0.39 is 0 Å². The molecule has 0 saturated heterocycles. The van der Waals surface area contributed by atoms with Crippen LogP contribution in [0, 0.1) is 3.57 Å². The van der Waals surface area contributed by atoms with Crippen LogP contribution in [-0.4, -0.2) is 19.6 Å². The maximum atomic E-state index is 11.8. The second-order valence-corrected chi connectivity index (χ2v) is 5.16. The quantitative estimate of drug-likeness (QED) is 0.806. The van der Waals surface area contributed by atoms with Gasteiger partial charge in [0.15, 0.2) is 6.61 Å². The summed E-state index contributed by atoms with van der Waals surface area (Å²) in [6.45, 7) is -0.0435. The van der Waals surface area contributed by atoms with Gasteiger partial charge >= 0.3 is 0 Å². The van der Waals surface area contributed by atoms with Crippen LogP contribution < -0.4 is 14.8 Å². The fraction of sp³-hybridized carbons (Fsp3) is 0.133. The minimum absolute atomic E-state index is 0.0435. The summed E-state index contributed by atoms with van der Waals surface area (Å²) in [5, 5.41) is 2.81. The lowest BCUT2D eigenvalue weighted by Crippen LogP contribution is -2.20. The lowest BCUT2D eigenvalue weighted by Gasteiger charge is -2.09. The number of amides is 1. The number of carbonyl (C=O) groups excluding carboxylic acids is 1. The molecular formula is C15H14INO3. The van der Waals surface area contributed by atoms with E-state index in [2.05, 4.69) is 27.9 Å². The number of benzene rings is 2. The Hall–Kier alpha value is -1.76. The second-order valence-electron chi connectivity index (χ2n) is 4.00. The molecule has 0 atom stereocenters. The Bertz CT molecular complexity index is 601. The number of rotatable bonds is 5. The molecule has 0 unspecified atom stereocenters. The number of hydrogen-bond donors (Lipinski definition) is 1. The molecule has 0 bridgehead atoms. The van der Waals surface area contributed by atoms with Gasteiger partial charge in [0.2, 0.25) is 0 Å². The van der Waals surface area contributed by atoms with Crippen LogP contribution >= 0.6 is 22.6 Å². The number of methoxy groups -OCH3 is 1. The largest absolute Gasteiger partial charge is 0.497 e. The van der Waals surface area contributed by atoms with Crippen molar-refractivity contribution in [3.05, 3.63) is 52.1 Å². The Balaban J connectivity index is 1.90. The molecule has 0 aliphatic heterocycles. The van der Waals surface area contributed by atoms with Crippen molar-refractivity contribution in [1.82, 2.24) is 0 Å². The average molecular weight is 383 g/mol. The molecule has 104 valence electrons. The molecule has 0 aliphatic rings. The summed E-state index contributed by atoms with van der Waals surface area (Å²) in [6.07, 6.45) is 0. The number of carbonyl (C=O) groups is 1. The zero-order chi connectivity index (χ0) is 14.4. The molecule has 5 heteroatoms. The van der Waals surface area contributed by atoms with Crippen LogP contribution in [0.3, 0.4) is 0 Å². The van der Waals surface area contributed by atoms with Crippen LogP contribution in [-0.2, 0) is 4.79 Å². The number of para-hydroxylation sites is 1. The first kappa shape index (κ1) is 14.6. The van der Waals surface area contributed by atoms with Gasteiger partial charge in [-0.1, -0.05) is 18.2 Å². The van der Waals surface area contributed by atoms with Gasteiger partial charge in [0.05, 0.1) is 12.8 Å². The van der Waals surface area contributed by atoms with Crippen LogP contribution in [0.2, 0.25) is 0 Å². The summed E-state index contributed by atoms with van der Waals surface area (Å²) < 4.78 is 11.5. The van der Waals surface area contributed by atoms with Gasteiger partial charge in [0.25, 0.3) is 5.91 Å². The molecular weight excluding hydrogens is 369 g/mol. The second kappa shape index (κ2) is 7.14. The Labute approximate surface area is 131 Å². The molecule has 0 fully saturated rings. The highest BCUT2D eigenvalue weighted by Gasteiger charge is 2.06. The van der Waals surface area contributed by atoms with E-state index in [0.717, 1.165) is 9.26 Å². The lowest BCUT2D eigenvalue weighted by molar-refractivity contribution is -0.118. The number of hydrogen-bond acceptors (Lipinski definition) is 3. The molecule has 2 aromatic carbocycles. The number of halogens is 1. The van der Waals surface area contributed by atoms with Crippen LogP contribution in [0.1, 0.15) is 0 Å². The summed E-state index contributed by atoms with van der Waals surface area (Å²) in [4.78, 5) is 11.8. The summed E-state index contributed by atoms with van der Waals surface area (Å²) in [7, 11) is 1.59. The normalized spacial score (nSPS) is 9.90. The summed E-state index contributed by atoms with van der Waals surface area (Å²) in [5.74, 6) is 1.10. The monoisotopic (exact) mass is 383 g/mol. The Kier molecular flexibility index (Phi) is 5.23. The Morgan fingerprint density at radius 3 is 2.65 bits per heavy atom. The molecule has 1 N–H and O–H groups in total. The predicted molar refractivity (Wildman–Crippen MR) is 86.3 cm³/mol. The van der Waals surface area contributed by atoms with Crippen molar-refractivity contribution in [2.45, 2.75) is 0 Å². The summed E-state index contributed by atoms with van der Waals surface area (Å²) in [6, 6.07) is 14.7. The van der Waals surface area contributed by atoms with Crippen molar-refractivity contribution in [3.63, 3.8) is 0 Å². The van der Waals surface area contributed by atoms with Gasteiger partial charge in [0.1, 0.15) is 11.5 Å². The highest BCUT2D eigenvalue weighted by atomic mass is 127. The number of nitrogens with one attached hydrogen (secondary N) is 1. The van der Waals surface area contributed by atoms with E-state index in [1.807, 2.05) is 36.4 Å². The molecule has 0 spiro atoms. The van der Waals surface area contributed by atoms with Crippen LogP contribution in [0.5, 0.6) is 11.5 Å². The standard InChI is InChI=1S/C15H14INO3/c1-19-11-5-4-6-12(9-11)20-10-15(18)17-14-8-3-2-7-13(14)16/h2-9H,10H2,1H3,(H,17,18). The topological polar surface area (TPSA) is 47.6 Å². The van der Waals surface area contributed by atoms with Crippen LogP contribution in [0.4, 0.5) is 5.69 Å². The molecule has 4 nitrogen and oxygen atoms in total. The molecule has 1 amide bonds. The first-order chi connectivity index (χ1) is 9.69. The average Bonchev–Trinajstić information content (AvgIpc) is 2.48. The molecule has 2 aromatic rings. The molecule has 0 aromatic heterocycles. The minimum Gasteiger partial charge on any atom is -0.497 e. The van der Waals surface area contributed by atoms with Crippen molar-refractivity contribution in [3.8, 4) is 11.5 Å². The smallest absolute Gasteiger partial charge is 0.262 e. The van der Waals surface area contributed by atoms with Gasteiger partial charge in [-0.2, -0.15) is 0 Å². The fourth-order valence-electron chi connectivity index (χ4n) is 1.59. The molecule has 20 heavy (non-hydrogen) atoms. The Morgan fingerprint density at radius 2 is 1.90 bits per heavy atom. The zero-order valence-electron chi connectivity index (χ0n) is 10.9. The third kappa shape index (κ3) is 4.12. The van der Waals surface area contributed by atoms with Crippen molar-refractivity contribution >= 4 is 34.2 Å². The van der Waals surface area contributed by atoms with Crippen LogP contribution in [0.25, 0.3) is 0 Å². The number of anilines is 1. The maximum absolute atomic E-state index is 11.8. The van der Waals surface area contributed by atoms with E-state index >= 15 is 0 Å². The van der Waals surface area contributed by atoms with E-state index in [1.165, 1.54) is 0 Å². The highest BCUT2D eigenvalue weighted by Crippen LogP contribution is 2.19. The molecule has 0 aliphatic carbocycles. The van der Waals surface area contributed by atoms with Gasteiger partial charge in [0, 0.05) is 9.64 Å². The molecule has 0 saturated carbocycles. The van der Waals surface area contributed by atoms with Crippen molar-refractivity contribution < 1.29 is 14.3 Å². The SMILES string of the molecule is COc1cccc(OCC(=O)Nc2ccccc2I)c1. The van der Waals surface area contributed by atoms with Crippen molar-refractivity contribution in [2.75, 3.05) is 19.0 Å². The molecule has 0 heterocycles. The predicted octanol–water partition coefficient (Wildman–Crippen LogP) is 3.32. The van der Waals surface area contributed by atoms with Crippen molar-refractivity contribution in [2.24, 2.45) is 0 Å². The summed E-state index contributed by atoms with van der Waals surface area (Å²) >= 11 is 2.17. The molecule has 0 radical (unpaired) electrons. The first-order valence-electron chi connectivity index (χ1n) is 6.00. The third-order valence-electron chi connectivity index (χ3n) is 2.56. The summed E-state index contributed by atoms with van der Waals surface area (Å²) in [5.41, 5.74) is 0.785. The van der Waals surface area contributed by atoms with E-state index in [9.17, 15) is 4.79 Å². The fourth-order valence-corrected chi connectivity index (χ4v) is 2.11. The van der Waals surface area contributed by atoms with E-state index in [4.69, 9.17) is 9.47 Å². The molecule has 2 rings (SSSR count). The van der Waals surface area contributed by atoms with Crippen LogP contribution in [0.15, 0.2) is 48.5 Å². The lowest BCUT2D eigenvalue weighted by atomic mass is 10.3. The van der Waals surface area contributed by atoms with Gasteiger partial charge in [-0.3, -0.25) is 4.79 Å². The van der Waals surface area contributed by atoms with E-state index in [-0.39, 0.29) is 12.5 Å². The minimum atomic E-state index is -0.197. The van der Waals surface area contributed by atoms with Gasteiger partial charge in [-0.05, 0) is 46.9 Å². The third-order valence-corrected chi connectivity index (χ3v) is 3.50. The van der Waals surface area contributed by atoms with Gasteiger partial charge < -0.3 is 14.8 Å². The van der Waals surface area contributed by atoms with E-state index in [1.54, 1.807) is 19.2 Å². The first-order valence-corrected chi connectivity index (χ1v) is 7.08. The van der Waals surface area contributed by atoms with Gasteiger partial charge in [-0.15, -0.1) is 0 Å². The Morgan fingerprint density at radius 1 is 1.15 bits per heavy atom. The van der Waals surface area contributed by atoms with Crippen molar-refractivity contribution in [1.29, 1.82) is 0 Å². The maximum Gasteiger partial charge on any atom is 0.262 e. The van der Waals surface area contributed by atoms with Gasteiger partial charge in [-0.25, -0.2) is 0 Å².